The molecule has 0 bridgehead atoms. The Morgan fingerprint density at radius 2 is 1.95 bits per heavy atom. The van der Waals surface area contributed by atoms with Crippen LogP contribution in [0.2, 0.25) is 0 Å². The highest BCUT2D eigenvalue weighted by molar-refractivity contribution is 5.95. The van der Waals surface area contributed by atoms with Crippen LogP contribution in [0.3, 0.4) is 0 Å². The Balaban J connectivity index is 3.13. The normalized spacial score (nSPS) is 12.3. The molecule has 0 aliphatic carbocycles. The molecule has 8 heteroatoms. The highest BCUT2D eigenvalue weighted by Gasteiger charge is 2.34. The Labute approximate surface area is 107 Å². The predicted octanol–water partition coefficient (Wildman–Crippen LogP) is 1.32. The molecule has 0 spiro atoms. The molecule has 1 rings (SSSR count). The number of ether oxygens (including phenoxy) is 1. The molecule has 0 aliphatic rings. The lowest BCUT2D eigenvalue weighted by molar-refractivity contribution is -0.141. The minimum Gasteiger partial charge on any atom is -0.475 e. The second kappa shape index (κ2) is 5.04. The molecule has 106 valence electrons. The summed E-state index contributed by atoms with van der Waals surface area (Å²) in [7, 11) is 0. The van der Waals surface area contributed by atoms with Gasteiger partial charge in [-0.2, -0.15) is 13.2 Å². The van der Waals surface area contributed by atoms with Gasteiger partial charge in [-0.3, -0.25) is 4.79 Å². The number of carbonyl (C=O) groups excluding carboxylic acids is 1. The van der Waals surface area contributed by atoms with Gasteiger partial charge in [-0.1, -0.05) is 0 Å². The summed E-state index contributed by atoms with van der Waals surface area (Å²) in [5, 5.41) is 0. The summed E-state index contributed by atoms with van der Waals surface area (Å²) in [5.74, 6) is -1.40. The minimum atomic E-state index is -4.63. The van der Waals surface area contributed by atoms with Crippen molar-refractivity contribution >= 4 is 5.91 Å². The average Bonchev–Trinajstić information content (AvgIpc) is 2.23. The van der Waals surface area contributed by atoms with E-state index in [1.807, 2.05) is 0 Å². The van der Waals surface area contributed by atoms with Gasteiger partial charge in [-0.05, 0) is 26.0 Å². The summed E-state index contributed by atoms with van der Waals surface area (Å²) in [6.45, 7) is 3.12. The molecule has 5 nitrogen and oxygen atoms in total. The number of hydrogen-bond donors (Lipinski definition) is 2. The molecular formula is C11H14F3N3O2. The molecular weight excluding hydrogens is 263 g/mol. The molecule has 0 aromatic carbocycles. The summed E-state index contributed by atoms with van der Waals surface area (Å²) in [5.41, 5.74) is 8.51. The maximum atomic E-state index is 12.5. The number of carbonyl (C=O) groups is 1. The third-order valence-electron chi connectivity index (χ3n) is 2.00. The van der Waals surface area contributed by atoms with Gasteiger partial charge in [0.2, 0.25) is 5.88 Å². The Morgan fingerprint density at radius 1 is 1.37 bits per heavy atom. The first kappa shape index (κ1) is 15.2. The highest BCUT2D eigenvalue weighted by Crippen LogP contribution is 2.30. The number of halogens is 3. The first-order valence-electron chi connectivity index (χ1n) is 5.30. The maximum Gasteiger partial charge on any atom is 0.433 e. The summed E-state index contributed by atoms with van der Waals surface area (Å²) >= 11 is 0. The third kappa shape index (κ3) is 4.40. The molecule has 19 heavy (non-hydrogen) atoms. The highest BCUT2D eigenvalue weighted by atomic mass is 19.4. The van der Waals surface area contributed by atoms with Crippen molar-refractivity contribution in [2.75, 3.05) is 6.61 Å². The maximum absolute atomic E-state index is 12.5. The van der Waals surface area contributed by atoms with Gasteiger partial charge in [0.15, 0.2) is 0 Å². The summed E-state index contributed by atoms with van der Waals surface area (Å²) < 4.78 is 42.6. The first-order chi connectivity index (χ1) is 8.50. The van der Waals surface area contributed by atoms with Crippen LogP contribution in [0, 0.1) is 0 Å². The Kier molecular flexibility index (Phi) is 4.04. The van der Waals surface area contributed by atoms with Crippen LogP contribution in [-0.2, 0) is 6.18 Å². The van der Waals surface area contributed by atoms with Gasteiger partial charge >= 0.3 is 6.18 Å². The van der Waals surface area contributed by atoms with Gasteiger partial charge in [-0.15, -0.1) is 0 Å². The second-order valence-electron chi connectivity index (χ2n) is 4.69. The van der Waals surface area contributed by atoms with Gasteiger partial charge in [0.05, 0.1) is 0 Å². The van der Waals surface area contributed by atoms with Gasteiger partial charge in [0.25, 0.3) is 5.91 Å². The lowest BCUT2D eigenvalue weighted by Gasteiger charge is -2.19. The predicted molar refractivity (Wildman–Crippen MR) is 61.5 cm³/mol. The van der Waals surface area contributed by atoms with Crippen LogP contribution in [0.5, 0.6) is 5.88 Å². The number of nitrogens with zero attached hydrogens (tertiary/aromatic N) is 1. The molecule has 0 atom stereocenters. The number of pyridine rings is 1. The number of primary amides is 1. The molecule has 1 aromatic rings. The van der Waals surface area contributed by atoms with Crippen LogP contribution in [-0.4, -0.2) is 23.0 Å². The van der Waals surface area contributed by atoms with Crippen molar-refractivity contribution in [3.8, 4) is 5.88 Å². The Hall–Kier alpha value is -1.83. The molecule has 0 aliphatic heterocycles. The smallest absolute Gasteiger partial charge is 0.433 e. The fourth-order valence-electron chi connectivity index (χ4n) is 1.15. The molecule has 0 unspecified atom stereocenters. The number of hydrogen-bond acceptors (Lipinski definition) is 4. The Bertz CT molecular complexity index is 481. The molecule has 0 fully saturated rings. The molecule has 0 radical (unpaired) electrons. The van der Waals surface area contributed by atoms with Crippen molar-refractivity contribution in [1.29, 1.82) is 0 Å². The van der Waals surface area contributed by atoms with Crippen LogP contribution < -0.4 is 16.2 Å². The number of nitrogens with two attached hydrogens (primary N) is 2. The van der Waals surface area contributed by atoms with Gasteiger partial charge < -0.3 is 16.2 Å². The van der Waals surface area contributed by atoms with E-state index in [4.69, 9.17) is 16.2 Å². The van der Waals surface area contributed by atoms with Gasteiger partial charge in [0, 0.05) is 5.54 Å². The fraction of sp³-hybridized carbons (Fsp3) is 0.455. The van der Waals surface area contributed by atoms with E-state index >= 15 is 0 Å². The molecule has 0 saturated heterocycles. The van der Waals surface area contributed by atoms with E-state index in [1.54, 1.807) is 13.8 Å². The number of aromatic nitrogens is 1. The largest absolute Gasteiger partial charge is 0.475 e. The van der Waals surface area contributed by atoms with E-state index in [0.717, 1.165) is 6.07 Å². The van der Waals surface area contributed by atoms with E-state index < -0.39 is 29.2 Å². The summed E-state index contributed by atoms with van der Waals surface area (Å²) in [4.78, 5) is 14.4. The monoisotopic (exact) mass is 277 g/mol. The van der Waals surface area contributed by atoms with Crippen LogP contribution in [0.1, 0.15) is 29.9 Å². The Morgan fingerprint density at radius 3 is 2.37 bits per heavy atom. The SMILES string of the molecule is CC(C)(N)COc1nc(C(F)(F)F)ccc1C(N)=O. The lowest BCUT2D eigenvalue weighted by Crippen LogP contribution is -2.39. The summed E-state index contributed by atoms with van der Waals surface area (Å²) in [6.07, 6.45) is -4.63. The quantitative estimate of drug-likeness (QED) is 0.868. The van der Waals surface area contributed by atoms with Crippen molar-refractivity contribution in [3.63, 3.8) is 0 Å². The number of rotatable bonds is 4. The molecule has 1 aromatic heterocycles. The standard InChI is InChI=1S/C11H14F3N3O2/c1-10(2,16)5-19-9-6(8(15)18)3-4-7(17-9)11(12,13)14/h3-4H,5,16H2,1-2H3,(H2,15,18). The molecule has 0 saturated carbocycles. The topological polar surface area (TPSA) is 91.2 Å². The van der Waals surface area contributed by atoms with Gasteiger partial charge in [0.1, 0.15) is 17.9 Å². The van der Waals surface area contributed by atoms with Crippen molar-refractivity contribution in [1.82, 2.24) is 4.98 Å². The second-order valence-corrected chi connectivity index (χ2v) is 4.69. The van der Waals surface area contributed by atoms with Crippen LogP contribution >= 0.6 is 0 Å². The summed E-state index contributed by atoms with van der Waals surface area (Å²) in [6, 6.07) is 1.59. The lowest BCUT2D eigenvalue weighted by atomic mass is 10.1. The minimum absolute atomic E-state index is 0.110. The van der Waals surface area contributed by atoms with E-state index in [-0.39, 0.29) is 12.2 Å². The molecule has 4 N–H and O–H groups in total. The van der Waals surface area contributed by atoms with E-state index in [2.05, 4.69) is 4.98 Å². The fourth-order valence-corrected chi connectivity index (χ4v) is 1.15. The average molecular weight is 277 g/mol. The number of amides is 1. The van der Waals surface area contributed by atoms with E-state index in [0.29, 0.717) is 6.07 Å². The van der Waals surface area contributed by atoms with E-state index in [1.165, 1.54) is 0 Å². The zero-order chi connectivity index (χ0) is 14.8. The molecule has 1 heterocycles. The number of alkyl halides is 3. The van der Waals surface area contributed by atoms with Crippen LogP contribution in [0.4, 0.5) is 13.2 Å². The van der Waals surface area contributed by atoms with Crippen LogP contribution in [0.15, 0.2) is 12.1 Å². The van der Waals surface area contributed by atoms with Crippen molar-refractivity contribution in [2.24, 2.45) is 11.5 Å². The van der Waals surface area contributed by atoms with Crippen LogP contribution in [0.25, 0.3) is 0 Å². The van der Waals surface area contributed by atoms with Crippen molar-refractivity contribution < 1.29 is 22.7 Å². The molecule has 1 amide bonds. The third-order valence-corrected chi connectivity index (χ3v) is 2.00. The van der Waals surface area contributed by atoms with Crippen molar-refractivity contribution in [3.05, 3.63) is 23.4 Å². The van der Waals surface area contributed by atoms with Crippen molar-refractivity contribution in [2.45, 2.75) is 25.6 Å². The zero-order valence-electron chi connectivity index (χ0n) is 10.4. The zero-order valence-corrected chi connectivity index (χ0v) is 10.4. The first-order valence-corrected chi connectivity index (χ1v) is 5.30. The van der Waals surface area contributed by atoms with E-state index in [9.17, 15) is 18.0 Å². The van der Waals surface area contributed by atoms with Gasteiger partial charge in [-0.25, -0.2) is 4.98 Å².